The number of piperidine rings is 1. The van der Waals surface area contributed by atoms with E-state index in [2.05, 4.69) is 6.92 Å². The van der Waals surface area contributed by atoms with Crippen LogP contribution < -0.4 is 29.9 Å². The Hall–Kier alpha value is -5.44. The number of likely N-dealkylation sites (tertiary alicyclic amines) is 1. The van der Waals surface area contributed by atoms with Crippen LogP contribution in [0.25, 0.3) is 0 Å². The summed E-state index contributed by atoms with van der Waals surface area (Å²) in [5, 5.41) is 18.0. The summed E-state index contributed by atoms with van der Waals surface area (Å²) < 4.78 is 78.4. The molecule has 21 heteroatoms. The number of ether oxygens (including phenoxy) is 2. The second kappa shape index (κ2) is 23.1. The molecule has 4 heterocycles. The van der Waals surface area contributed by atoms with Crippen LogP contribution >= 0.6 is 11.6 Å². The number of carbonyl (C=O) groups excluding carboxylic acids is 2. The molecule has 4 aromatic rings. The van der Waals surface area contributed by atoms with Crippen LogP contribution in [0.15, 0.2) is 97.1 Å². The third-order valence-electron chi connectivity index (χ3n) is 10.9. The number of nitrogens with zero attached hydrogens (tertiary/aromatic N) is 4. The van der Waals surface area contributed by atoms with Gasteiger partial charge in [-0.15, -0.1) is 0 Å². The van der Waals surface area contributed by atoms with Gasteiger partial charge in [0.05, 0.1) is 34.5 Å². The van der Waals surface area contributed by atoms with Gasteiger partial charge < -0.3 is 45.0 Å². The third kappa shape index (κ3) is 17.1. The van der Waals surface area contributed by atoms with Crippen molar-refractivity contribution < 1.29 is 54.5 Å². The smallest absolute Gasteiger partial charge is 0.415 e. The van der Waals surface area contributed by atoms with E-state index in [1.165, 1.54) is 6.07 Å². The van der Waals surface area contributed by atoms with Gasteiger partial charge in [0.15, 0.2) is 29.5 Å². The fourth-order valence-corrected chi connectivity index (χ4v) is 10.8. The van der Waals surface area contributed by atoms with Crippen LogP contribution in [0.2, 0.25) is 0 Å². The molecule has 0 atom stereocenters. The van der Waals surface area contributed by atoms with E-state index in [1.54, 1.807) is 65.6 Å². The molecule has 0 unspecified atom stereocenters. The lowest BCUT2D eigenvalue weighted by Gasteiger charge is -2.30. The van der Waals surface area contributed by atoms with Crippen LogP contribution in [0.3, 0.4) is 0 Å². The van der Waals surface area contributed by atoms with Gasteiger partial charge in [-0.2, -0.15) is 0 Å². The largest absolute Gasteiger partial charge is 0.508 e. The Bertz CT molecular complexity index is 2520. The number of hydrogen-bond acceptors (Lipinski definition) is 16. The molecule has 0 bridgehead atoms. The number of rotatable bonds is 5. The summed E-state index contributed by atoms with van der Waals surface area (Å²) in [6.07, 6.45) is 1.72. The van der Waals surface area contributed by atoms with Crippen molar-refractivity contribution in [3.05, 3.63) is 97.1 Å². The van der Waals surface area contributed by atoms with E-state index in [-0.39, 0.29) is 52.1 Å². The molecule has 354 valence electrons. The van der Waals surface area contributed by atoms with Gasteiger partial charge in [-0.25, -0.2) is 34.8 Å². The molecule has 4 aliphatic heterocycles. The van der Waals surface area contributed by atoms with E-state index in [9.17, 15) is 39.9 Å². The Morgan fingerprint density at radius 2 is 0.923 bits per heavy atom. The highest BCUT2D eigenvalue weighted by Crippen LogP contribution is 2.26. The van der Waals surface area contributed by atoms with E-state index in [4.69, 9.17) is 31.9 Å². The normalized spacial score (nSPS) is 18.8. The Morgan fingerprint density at radius 3 is 1.29 bits per heavy atom. The first-order valence-corrected chi connectivity index (χ1v) is 26.8. The number of phenolic OH excluding ortho intramolecular Hbond substituents is 2. The predicted molar refractivity (Wildman–Crippen MR) is 254 cm³/mol. The average molecular weight is 979 g/mol. The van der Waals surface area contributed by atoms with Crippen molar-refractivity contribution in [2.75, 3.05) is 107 Å². The molecular formula is C44H56ClN5O12S3. The molecule has 17 nitrogen and oxygen atoms in total. The van der Waals surface area contributed by atoms with E-state index >= 15 is 0 Å². The van der Waals surface area contributed by atoms with E-state index in [0.29, 0.717) is 62.4 Å². The van der Waals surface area contributed by atoms with Crippen molar-refractivity contribution in [3.63, 3.8) is 0 Å². The van der Waals surface area contributed by atoms with Crippen LogP contribution in [0.4, 0.5) is 32.3 Å². The molecule has 4 saturated heterocycles. The van der Waals surface area contributed by atoms with E-state index < -0.39 is 34.9 Å². The van der Waals surface area contributed by atoms with Crippen molar-refractivity contribution in [3.8, 4) is 23.0 Å². The minimum atomic E-state index is -2.91. The van der Waals surface area contributed by atoms with Gasteiger partial charge in [-0.1, -0.05) is 31.2 Å². The molecule has 1 amide bonds. The van der Waals surface area contributed by atoms with Crippen LogP contribution in [-0.4, -0.2) is 139 Å². The lowest BCUT2D eigenvalue weighted by Crippen LogP contribution is -2.40. The molecule has 0 saturated carbocycles. The Balaban J connectivity index is 0.000000172. The molecule has 4 aromatic carbocycles. The van der Waals surface area contributed by atoms with Gasteiger partial charge in [0, 0.05) is 111 Å². The number of nitrogens with two attached hydrogens (primary N) is 1. The number of carbonyl (C=O) groups is 2. The summed E-state index contributed by atoms with van der Waals surface area (Å²) in [5.74, 6) is 2.96. The second-order valence-electron chi connectivity index (χ2n) is 15.9. The number of anilines is 4. The maximum absolute atomic E-state index is 12.3. The summed E-state index contributed by atoms with van der Waals surface area (Å²) in [5.41, 5.74) is 7.58. The fraction of sp³-hybridized carbons (Fsp3) is 0.409. The molecule has 4 fully saturated rings. The third-order valence-corrected chi connectivity index (χ3v) is 15.8. The van der Waals surface area contributed by atoms with Crippen molar-refractivity contribution in [2.24, 2.45) is 5.92 Å². The number of halogens is 1. The van der Waals surface area contributed by atoms with Crippen molar-refractivity contribution in [1.29, 1.82) is 0 Å². The maximum atomic E-state index is 12.3. The summed E-state index contributed by atoms with van der Waals surface area (Å²) in [6, 6.07) is 27.5. The number of amides is 1. The molecular weight excluding hydrogens is 922 g/mol. The molecule has 8 rings (SSSR count). The molecule has 0 spiro atoms. The summed E-state index contributed by atoms with van der Waals surface area (Å²) in [7, 11) is -8.64. The molecule has 0 aliphatic carbocycles. The fourth-order valence-electron chi connectivity index (χ4n) is 7.06. The highest BCUT2D eigenvalue weighted by Gasteiger charge is 2.25. The zero-order valence-electron chi connectivity index (χ0n) is 36.1. The highest BCUT2D eigenvalue weighted by atomic mass is 35.5. The Labute approximate surface area is 386 Å². The zero-order valence-corrected chi connectivity index (χ0v) is 39.3. The van der Waals surface area contributed by atoms with E-state index in [1.807, 2.05) is 45.0 Å². The molecule has 65 heavy (non-hydrogen) atoms. The predicted octanol–water partition coefficient (Wildman–Crippen LogP) is 5.41. The molecule has 0 radical (unpaired) electrons. The van der Waals surface area contributed by atoms with Crippen LogP contribution in [-0.2, 0) is 29.5 Å². The number of benzene rings is 4. The monoisotopic (exact) mass is 977 g/mol. The average Bonchev–Trinajstić information content (AvgIpc) is 3.24. The maximum Gasteiger partial charge on any atom is 0.415 e. The SMILES string of the molecule is CC1CCN(C(=O)Oc2cccc(N3CCS(=O)(=O)CC3)c2)CC1.Nc1cccc(O)c1.O=C(Cl)Oc1cccc(N2CCS(=O)(=O)CC2)c1.O=S1(=O)CCN(c2cccc(O)c2)CC1. The van der Waals surface area contributed by atoms with Crippen LogP contribution in [0.1, 0.15) is 19.8 Å². The van der Waals surface area contributed by atoms with Crippen LogP contribution in [0.5, 0.6) is 23.0 Å². The van der Waals surface area contributed by atoms with Gasteiger partial charge >= 0.3 is 11.5 Å². The summed E-state index contributed by atoms with van der Waals surface area (Å²) in [4.78, 5) is 30.6. The number of sulfone groups is 3. The van der Waals surface area contributed by atoms with Gasteiger partial charge in [-0.3, -0.25) is 0 Å². The van der Waals surface area contributed by atoms with E-state index in [0.717, 1.165) is 43.0 Å². The second-order valence-corrected chi connectivity index (χ2v) is 23.1. The number of nitrogen functional groups attached to an aromatic ring is 1. The number of aromatic hydroxyl groups is 2. The standard InChI is InChI=1S/C17H24N2O4S.C11H12ClNO4S.C10H13NO3S.C6H7NO/c1-14-5-7-19(8-6-14)17(20)23-16-4-2-3-15(13-16)18-9-11-24(21,22)12-10-18;12-11(14)17-10-3-1-2-9(8-10)13-4-6-18(15,16)7-5-13;12-10-3-1-2-9(8-10)11-4-6-15(13,14)7-5-11;7-5-2-1-3-6(8)4-5/h2-4,13-14H,5-12H2,1H3;1-3,8H,4-7H2;1-3,8,12H,4-7H2;1-4,8H,7H2. The minimum Gasteiger partial charge on any atom is -0.508 e. The zero-order chi connectivity index (χ0) is 47.2. The number of phenols is 2. The molecule has 4 aliphatic rings. The van der Waals surface area contributed by atoms with Gasteiger partial charge in [0.2, 0.25) is 0 Å². The van der Waals surface area contributed by atoms with Crippen molar-refractivity contribution in [1.82, 2.24) is 4.90 Å². The quantitative estimate of drug-likeness (QED) is 0.167. The molecule has 0 aromatic heterocycles. The Morgan fingerprint density at radius 1 is 0.554 bits per heavy atom. The first-order chi connectivity index (χ1) is 30.7. The minimum absolute atomic E-state index is 0.145. The Kier molecular flexibility index (Phi) is 18.0. The summed E-state index contributed by atoms with van der Waals surface area (Å²) in [6.45, 7) is 6.53. The molecule has 4 N–H and O–H groups in total. The van der Waals surface area contributed by atoms with Gasteiger partial charge in [-0.05, 0) is 67.3 Å². The van der Waals surface area contributed by atoms with Crippen LogP contribution in [0, 0.1) is 5.92 Å². The van der Waals surface area contributed by atoms with Crippen molar-refractivity contribution >= 4 is 75.4 Å². The lowest BCUT2D eigenvalue weighted by molar-refractivity contribution is 0.133. The number of hydrogen-bond donors (Lipinski definition) is 3. The van der Waals surface area contributed by atoms with Crippen molar-refractivity contribution in [2.45, 2.75) is 19.8 Å². The van der Waals surface area contributed by atoms with Gasteiger partial charge in [0.1, 0.15) is 23.0 Å². The van der Waals surface area contributed by atoms with Gasteiger partial charge in [0.25, 0.3) is 0 Å². The topological polar surface area (TPSA) is 234 Å². The summed E-state index contributed by atoms with van der Waals surface area (Å²) >= 11 is 5.13. The first kappa shape index (κ1) is 50.6. The first-order valence-electron chi connectivity index (χ1n) is 21.0. The highest BCUT2D eigenvalue weighted by molar-refractivity contribution is 7.92. The lowest BCUT2D eigenvalue weighted by atomic mass is 10.00.